The maximum atomic E-state index is 12.3. The van der Waals surface area contributed by atoms with E-state index >= 15 is 0 Å². The molecule has 0 radical (unpaired) electrons. The SMILES string of the molecule is CCOCCCNC(=O)C(C)Sc1nnc(-c2cccs2)n1C1CC1. The third-order valence-corrected chi connectivity index (χ3v) is 5.86. The van der Waals surface area contributed by atoms with Gasteiger partial charge in [-0.3, -0.25) is 9.36 Å². The Bertz CT molecular complexity index is 683. The van der Waals surface area contributed by atoms with E-state index in [0.29, 0.717) is 25.8 Å². The number of hydrogen-bond acceptors (Lipinski definition) is 6. The largest absolute Gasteiger partial charge is 0.382 e. The van der Waals surface area contributed by atoms with Crippen LogP contribution in [0.1, 0.15) is 39.2 Å². The van der Waals surface area contributed by atoms with Crippen molar-refractivity contribution in [3.8, 4) is 10.7 Å². The van der Waals surface area contributed by atoms with Gasteiger partial charge in [-0.15, -0.1) is 21.5 Å². The Morgan fingerprint density at radius 1 is 1.52 bits per heavy atom. The molecule has 1 unspecified atom stereocenters. The maximum absolute atomic E-state index is 12.3. The molecule has 1 aliphatic rings. The highest BCUT2D eigenvalue weighted by Crippen LogP contribution is 2.42. The Morgan fingerprint density at radius 2 is 2.36 bits per heavy atom. The average Bonchev–Trinajstić information content (AvgIpc) is 3.13. The van der Waals surface area contributed by atoms with Gasteiger partial charge in [-0.1, -0.05) is 17.8 Å². The third-order valence-electron chi connectivity index (χ3n) is 3.94. The summed E-state index contributed by atoms with van der Waals surface area (Å²) in [7, 11) is 0. The van der Waals surface area contributed by atoms with Crippen molar-refractivity contribution in [1.29, 1.82) is 0 Å². The van der Waals surface area contributed by atoms with Crippen LogP contribution in [0.3, 0.4) is 0 Å². The molecule has 0 bridgehead atoms. The van der Waals surface area contributed by atoms with E-state index in [9.17, 15) is 4.79 Å². The maximum Gasteiger partial charge on any atom is 0.233 e. The molecule has 6 nitrogen and oxygen atoms in total. The Balaban J connectivity index is 1.60. The van der Waals surface area contributed by atoms with Crippen LogP contribution in [-0.2, 0) is 9.53 Å². The lowest BCUT2D eigenvalue weighted by molar-refractivity contribution is -0.120. The second kappa shape index (κ2) is 8.82. The minimum absolute atomic E-state index is 0.0320. The molecule has 1 aliphatic carbocycles. The van der Waals surface area contributed by atoms with E-state index in [4.69, 9.17) is 4.74 Å². The van der Waals surface area contributed by atoms with Crippen LogP contribution in [0.4, 0.5) is 0 Å². The molecule has 1 amide bonds. The van der Waals surface area contributed by atoms with E-state index < -0.39 is 0 Å². The van der Waals surface area contributed by atoms with Gasteiger partial charge < -0.3 is 10.1 Å². The van der Waals surface area contributed by atoms with Crippen LogP contribution in [-0.4, -0.2) is 45.7 Å². The summed E-state index contributed by atoms with van der Waals surface area (Å²) in [5.41, 5.74) is 0. The van der Waals surface area contributed by atoms with Crippen LogP contribution >= 0.6 is 23.1 Å². The molecule has 2 heterocycles. The van der Waals surface area contributed by atoms with E-state index in [1.54, 1.807) is 11.3 Å². The summed E-state index contributed by atoms with van der Waals surface area (Å²) in [6.07, 6.45) is 3.14. The van der Waals surface area contributed by atoms with Gasteiger partial charge in [0.2, 0.25) is 5.91 Å². The number of nitrogens with one attached hydrogen (secondary N) is 1. The summed E-state index contributed by atoms with van der Waals surface area (Å²) < 4.78 is 7.49. The minimum atomic E-state index is -0.204. The predicted molar refractivity (Wildman–Crippen MR) is 101 cm³/mol. The molecule has 1 fully saturated rings. The van der Waals surface area contributed by atoms with Gasteiger partial charge in [0.1, 0.15) is 0 Å². The number of nitrogens with zero attached hydrogens (tertiary/aromatic N) is 3. The molecule has 2 aromatic heterocycles. The van der Waals surface area contributed by atoms with Gasteiger partial charge in [0.15, 0.2) is 11.0 Å². The fraction of sp³-hybridized carbons (Fsp3) is 0.588. The quantitative estimate of drug-likeness (QED) is 0.506. The normalized spacial score (nSPS) is 15.3. The van der Waals surface area contributed by atoms with Crippen LogP contribution in [0.5, 0.6) is 0 Å². The summed E-state index contributed by atoms with van der Waals surface area (Å²) in [6, 6.07) is 4.56. The summed E-state index contributed by atoms with van der Waals surface area (Å²) >= 11 is 3.15. The van der Waals surface area contributed by atoms with Crippen LogP contribution in [0.15, 0.2) is 22.7 Å². The van der Waals surface area contributed by atoms with Crippen molar-refractivity contribution in [3.63, 3.8) is 0 Å². The molecular weight excluding hydrogens is 356 g/mol. The second-order valence-electron chi connectivity index (χ2n) is 5.99. The summed E-state index contributed by atoms with van der Waals surface area (Å²) in [5.74, 6) is 0.953. The zero-order chi connectivity index (χ0) is 17.6. The number of thiophene rings is 1. The standard InChI is InChI=1S/C17H24N4O2S2/c1-3-23-10-5-9-18-16(22)12(2)25-17-20-19-15(14-6-4-11-24-14)21(17)13-7-8-13/h4,6,11-13H,3,5,7-10H2,1-2H3,(H,18,22). The van der Waals surface area contributed by atoms with Gasteiger partial charge in [0.25, 0.3) is 0 Å². The highest BCUT2D eigenvalue weighted by Gasteiger charge is 2.31. The molecule has 25 heavy (non-hydrogen) atoms. The number of hydrogen-bond donors (Lipinski definition) is 1. The monoisotopic (exact) mass is 380 g/mol. The molecule has 1 atom stereocenters. The van der Waals surface area contributed by atoms with Crippen molar-refractivity contribution >= 4 is 29.0 Å². The van der Waals surface area contributed by atoms with Gasteiger partial charge in [-0.25, -0.2) is 0 Å². The van der Waals surface area contributed by atoms with Crippen molar-refractivity contribution in [3.05, 3.63) is 17.5 Å². The first-order valence-electron chi connectivity index (χ1n) is 8.71. The first kappa shape index (κ1) is 18.4. The molecule has 0 spiro atoms. The van der Waals surface area contributed by atoms with Crippen molar-refractivity contribution < 1.29 is 9.53 Å². The van der Waals surface area contributed by atoms with Gasteiger partial charge in [-0.2, -0.15) is 0 Å². The number of aromatic nitrogens is 3. The zero-order valence-corrected chi connectivity index (χ0v) is 16.2. The Morgan fingerprint density at radius 3 is 3.04 bits per heavy atom. The van der Waals surface area contributed by atoms with E-state index in [1.165, 1.54) is 11.8 Å². The fourth-order valence-corrected chi connectivity index (χ4v) is 4.13. The number of carbonyl (C=O) groups excluding carboxylic acids is 1. The van der Waals surface area contributed by atoms with E-state index in [-0.39, 0.29) is 11.2 Å². The van der Waals surface area contributed by atoms with Crippen LogP contribution in [0.2, 0.25) is 0 Å². The molecular formula is C17H24N4O2S2. The first-order valence-corrected chi connectivity index (χ1v) is 10.5. The van der Waals surface area contributed by atoms with Crippen LogP contribution in [0, 0.1) is 0 Å². The lowest BCUT2D eigenvalue weighted by atomic mass is 10.4. The minimum Gasteiger partial charge on any atom is -0.382 e. The van der Waals surface area contributed by atoms with Gasteiger partial charge in [-0.05, 0) is 44.6 Å². The lowest BCUT2D eigenvalue weighted by Gasteiger charge is -2.13. The van der Waals surface area contributed by atoms with E-state index in [0.717, 1.165) is 35.1 Å². The van der Waals surface area contributed by atoms with E-state index in [2.05, 4.69) is 26.1 Å². The summed E-state index contributed by atoms with van der Waals surface area (Å²) in [4.78, 5) is 13.4. The fourth-order valence-electron chi connectivity index (χ4n) is 2.48. The Labute approximate surface area is 156 Å². The number of rotatable bonds is 10. The van der Waals surface area contributed by atoms with Crippen LogP contribution in [0.25, 0.3) is 10.7 Å². The van der Waals surface area contributed by atoms with Gasteiger partial charge >= 0.3 is 0 Å². The smallest absolute Gasteiger partial charge is 0.233 e. The summed E-state index contributed by atoms with van der Waals surface area (Å²) in [6.45, 7) is 5.92. The van der Waals surface area contributed by atoms with Crippen LogP contribution < -0.4 is 5.32 Å². The number of carbonyl (C=O) groups is 1. The summed E-state index contributed by atoms with van der Waals surface area (Å²) in [5, 5.41) is 14.4. The lowest BCUT2D eigenvalue weighted by Crippen LogP contribution is -2.32. The first-order chi connectivity index (χ1) is 12.2. The molecule has 0 saturated heterocycles. The molecule has 8 heteroatoms. The molecule has 3 rings (SSSR count). The van der Waals surface area contributed by atoms with Gasteiger partial charge in [0, 0.05) is 25.8 Å². The molecule has 0 aromatic carbocycles. The van der Waals surface area contributed by atoms with E-state index in [1.807, 2.05) is 25.3 Å². The molecule has 136 valence electrons. The number of amides is 1. The zero-order valence-electron chi connectivity index (χ0n) is 14.6. The topological polar surface area (TPSA) is 69.0 Å². The highest BCUT2D eigenvalue weighted by atomic mass is 32.2. The van der Waals surface area contributed by atoms with Crippen molar-refractivity contribution in [2.24, 2.45) is 0 Å². The Hall–Kier alpha value is -1.38. The molecule has 0 aliphatic heterocycles. The molecule has 1 saturated carbocycles. The van der Waals surface area contributed by atoms with Crippen molar-refractivity contribution in [1.82, 2.24) is 20.1 Å². The number of thioether (sulfide) groups is 1. The number of ether oxygens (including phenoxy) is 1. The molecule has 1 N–H and O–H groups in total. The van der Waals surface area contributed by atoms with Gasteiger partial charge in [0.05, 0.1) is 10.1 Å². The highest BCUT2D eigenvalue weighted by molar-refractivity contribution is 8.00. The molecule has 2 aromatic rings. The third kappa shape index (κ3) is 4.83. The Kier molecular flexibility index (Phi) is 6.50. The average molecular weight is 381 g/mol. The predicted octanol–water partition coefficient (Wildman–Crippen LogP) is 3.36. The van der Waals surface area contributed by atoms with Crippen molar-refractivity contribution in [2.75, 3.05) is 19.8 Å². The second-order valence-corrected chi connectivity index (χ2v) is 8.24. The van der Waals surface area contributed by atoms with Crippen molar-refractivity contribution in [2.45, 2.75) is 49.6 Å².